The lowest BCUT2D eigenvalue weighted by molar-refractivity contribution is -0.155. The molecule has 2 aromatic carbocycles. The smallest absolute Gasteiger partial charge is 0.414 e. The molecule has 1 saturated heterocycles. The number of amides is 2. The Hall–Kier alpha value is -2.57. The van der Waals surface area contributed by atoms with Crippen LogP contribution < -0.4 is 4.90 Å². The Morgan fingerprint density at radius 3 is 2.49 bits per heavy atom. The van der Waals surface area contributed by atoms with Gasteiger partial charge >= 0.3 is 12.0 Å². The Balaban J connectivity index is 1.31. The first-order valence-electron chi connectivity index (χ1n) is 12.0. The molecular formula is C25H26BrF2N3O5S. The van der Waals surface area contributed by atoms with E-state index in [9.17, 15) is 26.8 Å². The summed E-state index contributed by atoms with van der Waals surface area (Å²) in [5, 5.41) is 0. The number of hydrogen-bond acceptors (Lipinski definition) is 5. The molecule has 8 nitrogen and oxygen atoms in total. The van der Waals surface area contributed by atoms with E-state index in [0.717, 1.165) is 26.2 Å². The van der Waals surface area contributed by atoms with E-state index < -0.39 is 27.9 Å². The Labute approximate surface area is 222 Å². The summed E-state index contributed by atoms with van der Waals surface area (Å²) in [5.74, 6) is -4.75. The Morgan fingerprint density at radius 2 is 1.78 bits per heavy atom. The number of anilines is 1. The van der Waals surface area contributed by atoms with Gasteiger partial charge in [-0.15, -0.1) is 0 Å². The number of rotatable bonds is 4. The molecule has 3 aliphatic heterocycles. The summed E-state index contributed by atoms with van der Waals surface area (Å²) in [6.45, 7) is 1.29. The maximum Gasteiger partial charge on any atom is 0.414 e. The van der Waals surface area contributed by atoms with Gasteiger partial charge in [-0.2, -0.15) is 13.1 Å². The number of cyclic esters (lactones) is 1. The fraction of sp³-hybridized carbons (Fsp3) is 0.440. The van der Waals surface area contributed by atoms with Crippen LogP contribution in [0.3, 0.4) is 0 Å². The third kappa shape index (κ3) is 4.98. The van der Waals surface area contributed by atoms with Crippen molar-refractivity contribution < 1.29 is 31.5 Å². The van der Waals surface area contributed by atoms with E-state index in [2.05, 4.69) is 15.9 Å². The highest BCUT2D eigenvalue weighted by atomic mass is 79.9. The molecule has 37 heavy (non-hydrogen) atoms. The van der Waals surface area contributed by atoms with Crippen molar-refractivity contribution in [3.63, 3.8) is 0 Å². The number of ether oxygens (including phenoxy) is 1. The SMILES string of the molecule is CC(F)(F)C(=O)N1CCc2ccc(S(=O)(=O)N3CCC(N4C(=O)OCc5cc(Br)ccc54)CC3)cc2C1. The van der Waals surface area contributed by atoms with Gasteiger partial charge in [-0.05, 0) is 60.7 Å². The number of carbonyl (C=O) groups is 2. The van der Waals surface area contributed by atoms with Crippen molar-refractivity contribution >= 4 is 43.6 Å². The molecule has 0 spiro atoms. The molecule has 3 heterocycles. The maximum absolute atomic E-state index is 13.5. The van der Waals surface area contributed by atoms with Crippen LogP contribution in [0.2, 0.25) is 0 Å². The average molecular weight is 598 g/mol. The van der Waals surface area contributed by atoms with Crippen LogP contribution in [-0.2, 0) is 39.1 Å². The van der Waals surface area contributed by atoms with Gasteiger partial charge in [0.1, 0.15) is 6.61 Å². The summed E-state index contributed by atoms with van der Waals surface area (Å²) in [6.07, 6.45) is 0.806. The van der Waals surface area contributed by atoms with Crippen LogP contribution in [0.15, 0.2) is 45.8 Å². The van der Waals surface area contributed by atoms with Gasteiger partial charge in [-0.3, -0.25) is 9.69 Å². The number of fused-ring (bicyclic) bond motifs is 2. The normalized spacial score (nSPS) is 19.3. The van der Waals surface area contributed by atoms with Crippen molar-refractivity contribution in [2.75, 3.05) is 24.5 Å². The molecular weight excluding hydrogens is 572 g/mol. The van der Waals surface area contributed by atoms with Gasteiger partial charge in [-0.1, -0.05) is 22.0 Å². The van der Waals surface area contributed by atoms with Crippen molar-refractivity contribution in [1.82, 2.24) is 9.21 Å². The van der Waals surface area contributed by atoms with Crippen LogP contribution in [0.1, 0.15) is 36.5 Å². The zero-order valence-electron chi connectivity index (χ0n) is 20.1. The van der Waals surface area contributed by atoms with Crippen LogP contribution in [0, 0.1) is 0 Å². The van der Waals surface area contributed by atoms with Crippen molar-refractivity contribution in [3.8, 4) is 0 Å². The third-order valence-electron chi connectivity index (χ3n) is 7.13. The van der Waals surface area contributed by atoms with E-state index in [0.29, 0.717) is 31.7 Å². The highest BCUT2D eigenvalue weighted by Crippen LogP contribution is 2.35. The molecule has 2 aromatic rings. The number of alkyl halides is 2. The van der Waals surface area contributed by atoms with Gasteiger partial charge in [-0.25, -0.2) is 13.2 Å². The zero-order chi connectivity index (χ0) is 26.5. The number of piperidine rings is 1. The molecule has 1 fully saturated rings. The van der Waals surface area contributed by atoms with Gasteiger partial charge < -0.3 is 9.64 Å². The fourth-order valence-corrected chi connectivity index (χ4v) is 7.12. The molecule has 0 aliphatic carbocycles. The summed E-state index contributed by atoms with van der Waals surface area (Å²) in [5.41, 5.74) is 3.05. The highest BCUT2D eigenvalue weighted by Gasteiger charge is 2.39. The summed E-state index contributed by atoms with van der Waals surface area (Å²) in [6, 6.07) is 10.1. The quantitative estimate of drug-likeness (QED) is 0.524. The highest BCUT2D eigenvalue weighted by molar-refractivity contribution is 9.10. The van der Waals surface area contributed by atoms with E-state index in [1.54, 1.807) is 11.0 Å². The lowest BCUT2D eigenvalue weighted by Gasteiger charge is -2.40. The van der Waals surface area contributed by atoms with E-state index in [1.165, 1.54) is 16.4 Å². The van der Waals surface area contributed by atoms with Gasteiger partial charge in [0, 0.05) is 49.2 Å². The van der Waals surface area contributed by atoms with Gasteiger partial charge in [0.25, 0.3) is 5.91 Å². The molecule has 0 saturated carbocycles. The fourth-order valence-electron chi connectivity index (χ4n) is 5.19. The second-order valence-corrected chi connectivity index (χ2v) is 12.5. The molecule has 0 N–H and O–H groups in total. The first kappa shape index (κ1) is 26.1. The molecule has 0 aromatic heterocycles. The lowest BCUT2D eigenvalue weighted by Crippen LogP contribution is -2.50. The van der Waals surface area contributed by atoms with Gasteiger partial charge in [0.15, 0.2) is 0 Å². The maximum atomic E-state index is 13.5. The second kappa shape index (κ2) is 9.63. The predicted octanol–water partition coefficient (Wildman–Crippen LogP) is 4.30. The molecule has 3 aliphatic rings. The minimum Gasteiger partial charge on any atom is -0.444 e. The molecule has 12 heteroatoms. The largest absolute Gasteiger partial charge is 0.444 e. The Kier molecular flexibility index (Phi) is 6.78. The van der Waals surface area contributed by atoms with E-state index in [-0.39, 0.29) is 43.7 Å². The zero-order valence-corrected chi connectivity index (χ0v) is 22.5. The molecule has 0 radical (unpaired) electrons. The topological polar surface area (TPSA) is 87.2 Å². The summed E-state index contributed by atoms with van der Waals surface area (Å²) in [7, 11) is -3.85. The first-order valence-corrected chi connectivity index (χ1v) is 14.2. The number of halogens is 3. The number of nitrogens with zero attached hydrogens (tertiary/aromatic N) is 3. The molecule has 0 bridgehead atoms. The number of carbonyl (C=O) groups excluding carboxylic acids is 2. The predicted molar refractivity (Wildman–Crippen MR) is 135 cm³/mol. The minimum atomic E-state index is -3.85. The van der Waals surface area contributed by atoms with Crippen molar-refractivity contribution in [2.45, 2.75) is 56.2 Å². The number of hydrogen-bond donors (Lipinski definition) is 0. The third-order valence-corrected chi connectivity index (χ3v) is 9.52. The molecule has 5 rings (SSSR count). The van der Waals surface area contributed by atoms with Crippen LogP contribution in [0.4, 0.5) is 19.3 Å². The molecule has 2 amide bonds. The van der Waals surface area contributed by atoms with Gasteiger partial charge in [0.2, 0.25) is 10.0 Å². The van der Waals surface area contributed by atoms with E-state index in [4.69, 9.17) is 4.74 Å². The average Bonchev–Trinajstić information content (AvgIpc) is 2.87. The van der Waals surface area contributed by atoms with Crippen molar-refractivity contribution in [2.24, 2.45) is 0 Å². The van der Waals surface area contributed by atoms with Crippen LogP contribution in [0.5, 0.6) is 0 Å². The summed E-state index contributed by atoms with van der Waals surface area (Å²) < 4.78 is 61.6. The van der Waals surface area contributed by atoms with Gasteiger partial charge in [0.05, 0.1) is 10.6 Å². The minimum absolute atomic E-state index is 0.0599. The van der Waals surface area contributed by atoms with Crippen LogP contribution in [0.25, 0.3) is 0 Å². The first-order chi connectivity index (χ1) is 17.4. The summed E-state index contributed by atoms with van der Waals surface area (Å²) >= 11 is 3.43. The number of benzene rings is 2. The summed E-state index contributed by atoms with van der Waals surface area (Å²) in [4.78, 5) is 27.4. The number of sulfonamides is 1. The molecule has 0 atom stereocenters. The molecule has 198 valence electrons. The van der Waals surface area contributed by atoms with E-state index >= 15 is 0 Å². The van der Waals surface area contributed by atoms with Crippen molar-refractivity contribution in [1.29, 1.82) is 0 Å². The Morgan fingerprint density at radius 1 is 1.05 bits per heavy atom. The van der Waals surface area contributed by atoms with Crippen molar-refractivity contribution in [3.05, 3.63) is 57.6 Å². The molecule has 0 unspecified atom stereocenters. The lowest BCUT2D eigenvalue weighted by atomic mass is 9.99. The van der Waals surface area contributed by atoms with Crippen LogP contribution >= 0.6 is 15.9 Å². The standard InChI is InChI=1S/C25H26BrF2N3O5S/c1-25(27,28)23(32)29-9-6-16-2-4-21(13-17(16)14-29)37(34,35)30-10-7-20(8-11-30)31-22-5-3-19(26)12-18(22)15-36-24(31)33/h2-5,12-13,20H,6-11,14-15H2,1H3. The second-order valence-electron chi connectivity index (χ2n) is 9.63. The monoisotopic (exact) mass is 597 g/mol. The van der Waals surface area contributed by atoms with Crippen LogP contribution in [-0.4, -0.2) is 61.2 Å². The van der Waals surface area contributed by atoms with E-state index in [1.807, 2.05) is 18.2 Å². The Bertz CT molecular complexity index is 1360.